The van der Waals surface area contributed by atoms with E-state index in [1.807, 2.05) is 36.4 Å². The lowest BCUT2D eigenvalue weighted by Gasteiger charge is -2.27. The number of allylic oxidation sites excluding steroid dienone is 3. The molecule has 1 rings (SSSR count). The Morgan fingerprint density at radius 3 is 2.06 bits per heavy atom. The molecule has 0 heterocycles. The van der Waals surface area contributed by atoms with Crippen LogP contribution < -0.4 is 4.74 Å². The smallest absolute Gasteiger partial charge is 0.333 e. The topological polar surface area (TPSA) is 71.1 Å². The van der Waals surface area contributed by atoms with Crippen molar-refractivity contribution >= 4 is 11.9 Å². The zero-order valence-electron chi connectivity index (χ0n) is 20.5. The van der Waals surface area contributed by atoms with Gasteiger partial charge in [0, 0.05) is 16.6 Å². The number of esters is 2. The fraction of sp³-hybridized carbons (Fsp3) is 0.357. The van der Waals surface area contributed by atoms with Crippen molar-refractivity contribution in [3.05, 3.63) is 77.9 Å². The SMILES string of the molecule is C#C/C=C(\C=C/COCCOC(=O)C(=C)C)C(C)(C)c1ccc(OCCOC(=O)C(=C)C)cc1. The molecule has 0 aliphatic heterocycles. The Balaban J connectivity index is 2.62. The van der Waals surface area contributed by atoms with Crippen molar-refractivity contribution in [3.63, 3.8) is 0 Å². The second-order valence-electron chi connectivity index (χ2n) is 8.07. The van der Waals surface area contributed by atoms with Gasteiger partial charge < -0.3 is 18.9 Å². The minimum atomic E-state index is -0.432. The van der Waals surface area contributed by atoms with E-state index in [1.54, 1.807) is 19.9 Å². The Morgan fingerprint density at radius 1 is 0.971 bits per heavy atom. The summed E-state index contributed by atoms with van der Waals surface area (Å²) in [5.74, 6) is 2.41. The number of ether oxygens (including phenoxy) is 4. The van der Waals surface area contributed by atoms with Gasteiger partial charge in [0.05, 0.1) is 13.2 Å². The summed E-state index contributed by atoms with van der Waals surface area (Å²) >= 11 is 0. The van der Waals surface area contributed by atoms with Crippen molar-refractivity contribution in [1.82, 2.24) is 0 Å². The van der Waals surface area contributed by atoms with Crippen LogP contribution in [0.4, 0.5) is 0 Å². The minimum absolute atomic E-state index is 0.150. The molecule has 182 valence electrons. The molecule has 0 aliphatic carbocycles. The summed E-state index contributed by atoms with van der Waals surface area (Å²) in [5.41, 5.74) is 2.33. The lowest BCUT2D eigenvalue weighted by molar-refractivity contribution is -0.140. The molecule has 0 bridgehead atoms. The molecule has 0 saturated heterocycles. The second kappa shape index (κ2) is 14.6. The first-order chi connectivity index (χ1) is 16.1. The molecule has 0 spiro atoms. The van der Waals surface area contributed by atoms with E-state index < -0.39 is 11.9 Å². The van der Waals surface area contributed by atoms with Gasteiger partial charge in [0.15, 0.2) is 0 Å². The van der Waals surface area contributed by atoms with Crippen molar-refractivity contribution in [1.29, 1.82) is 0 Å². The van der Waals surface area contributed by atoms with Crippen LogP contribution in [0.15, 0.2) is 72.4 Å². The van der Waals surface area contributed by atoms with Crippen LogP contribution in [-0.2, 0) is 29.2 Å². The first kappa shape index (κ1) is 28.5. The van der Waals surface area contributed by atoms with Gasteiger partial charge in [-0.15, -0.1) is 6.42 Å². The largest absolute Gasteiger partial charge is 0.490 e. The molecule has 6 heteroatoms. The van der Waals surface area contributed by atoms with E-state index >= 15 is 0 Å². The van der Waals surface area contributed by atoms with Gasteiger partial charge in [0.1, 0.15) is 25.6 Å². The molecule has 1 aromatic rings. The predicted molar refractivity (Wildman–Crippen MR) is 133 cm³/mol. The molecular formula is C28H34O6. The fourth-order valence-electron chi connectivity index (χ4n) is 2.72. The molecule has 6 nitrogen and oxygen atoms in total. The van der Waals surface area contributed by atoms with Crippen molar-refractivity contribution < 1.29 is 28.5 Å². The first-order valence-corrected chi connectivity index (χ1v) is 10.9. The summed E-state index contributed by atoms with van der Waals surface area (Å²) in [7, 11) is 0. The number of hydrogen-bond acceptors (Lipinski definition) is 6. The lowest BCUT2D eigenvalue weighted by Crippen LogP contribution is -2.19. The summed E-state index contributed by atoms with van der Waals surface area (Å²) in [5, 5.41) is 0. The lowest BCUT2D eigenvalue weighted by atomic mass is 9.77. The van der Waals surface area contributed by atoms with Crippen molar-refractivity contribution in [2.24, 2.45) is 0 Å². The summed E-state index contributed by atoms with van der Waals surface area (Å²) < 4.78 is 21.1. The second-order valence-corrected chi connectivity index (χ2v) is 8.07. The summed E-state index contributed by atoms with van der Waals surface area (Å²) in [6.45, 7) is 15.6. The van der Waals surface area contributed by atoms with E-state index in [2.05, 4.69) is 32.9 Å². The molecule has 0 unspecified atom stereocenters. The van der Waals surface area contributed by atoms with Gasteiger partial charge in [0.25, 0.3) is 0 Å². The molecule has 0 saturated carbocycles. The van der Waals surface area contributed by atoms with Gasteiger partial charge in [-0.25, -0.2) is 9.59 Å². The van der Waals surface area contributed by atoms with Crippen LogP contribution in [-0.4, -0.2) is 45.0 Å². The van der Waals surface area contributed by atoms with Crippen molar-refractivity contribution in [2.75, 3.05) is 33.0 Å². The molecule has 1 aromatic carbocycles. The average molecular weight is 467 g/mol. The maximum atomic E-state index is 11.4. The monoisotopic (exact) mass is 466 g/mol. The number of rotatable bonds is 14. The van der Waals surface area contributed by atoms with E-state index in [9.17, 15) is 9.59 Å². The highest BCUT2D eigenvalue weighted by Crippen LogP contribution is 2.33. The Labute approximate surface area is 202 Å². The summed E-state index contributed by atoms with van der Waals surface area (Å²) in [6, 6.07) is 7.67. The van der Waals surface area contributed by atoms with Crippen LogP contribution in [0.1, 0.15) is 33.3 Å². The molecule has 0 N–H and O–H groups in total. The molecule has 0 aromatic heterocycles. The molecule has 0 atom stereocenters. The maximum Gasteiger partial charge on any atom is 0.333 e. The predicted octanol–water partition coefficient (Wildman–Crippen LogP) is 4.71. The van der Waals surface area contributed by atoms with Crippen LogP contribution in [0.5, 0.6) is 5.75 Å². The number of terminal acetylenes is 1. The van der Waals surface area contributed by atoms with Gasteiger partial charge in [-0.05, 0) is 43.2 Å². The quantitative estimate of drug-likeness (QED) is 0.130. The highest BCUT2D eigenvalue weighted by atomic mass is 16.6. The van der Waals surface area contributed by atoms with Crippen LogP contribution in [0.3, 0.4) is 0 Å². The van der Waals surface area contributed by atoms with E-state index in [0.29, 0.717) is 23.5 Å². The van der Waals surface area contributed by atoms with Crippen molar-refractivity contribution in [2.45, 2.75) is 33.1 Å². The Hall–Kier alpha value is -3.56. The van der Waals surface area contributed by atoms with Crippen LogP contribution >= 0.6 is 0 Å². The number of benzene rings is 1. The normalized spacial score (nSPS) is 11.6. The van der Waals surface area contributed by atoms with E-state index in [-0.39, 0.29) is 31.8 Å². The van der Waals surface area contributed by atoms with E-state index in [0.717, 1.165) is 11.1 Å². The summed E-state index contributed by atoms with van der Waals surface area (Å²) in [4.78, 5) is 22.7. The zero-order valence-corrected chi connectivity index (χ0v) is 20.5. The maximum absolute atomic E-state index is 11.4. The standard InChI is InChI=1S/C28H34O6/c1-8-10-23(11-9-16-31-17-18-33-26(29)21(2)3)28(6,7)24-12-14-25(15-13-24)32-19-20-34-27(30)22(4)5/h1,9-15H,2,4,16-20H2,3,5-7H3/b11-9-,23-10+. The van der Waals surface area contributed by atoms with Crippen LogP contribution in [0.25, 0.3) is 0 Å². The third kappa shape index (κ3) is 9.93. The van der Waals surface area contributed by atoms with Gasteiger partial charge in [0.2, 0.25) is 0 Å². The van der Waals surface area contributed by atoms with Gasteiger partial charge in [-0.3, -0.25) is 0 Å². The number of carbonyl (C=O) groups is 2. The third-order valence-corrected chi connectivity index (χ3v) is 4.79. The van der Waals surface area contributed by atoms with Gasteiger partial charge in [-0.1, -0.05) is 57.2 Å². The average Bonchev–Trinajstić information content (AvgIpc) is 2.80. The van der Waals surface area contributed by atoms with Gasteiger partial charge >= 0.3 is 11.9 Å². The molecule has 34 heavy (non-hydrogen) atoms. The Bertz CT molecular complexity index is 958. The van der Waals surface area contributed by atoms with Gasteiger partial charge in [-0.2, -0.15) is 0 Å². The molecular weight excluding hydrogens is 432 g/mol. The molecule has 0 aliphatic rings. The molecule has 0 radical (unpaired) electrons. The number of carbonyl (C=O) groups excluding carboxylic acids is 2. The molecule has 0 amide bonds. The fourth-order valence-corrected chi connectivity index (χ4v) is 2.72. The van der Waals surface area contributed by atoms with E-state index in [1.165, 1.54) is 0 Å². The highest BCUT2D eigenvalue weighted by Gasteiger charge is 2.24. The molecule has 0 fully saturated rings. The number of hydrogen-bond donors (Lipinski definition) is 0. The third-order valence-electron chi connectivity index (χ3n) is 4.79. The van der Waals surface area contributed by atoms with E-state index in [4.69, 9.17) is 25.4 Å². The van der Waals surface area contributed by atoms with Crippen molar-refractivity contribution in [3.8, 4) is 18.1 Å². The Kier molecular flexibility index (Phi) is 12.2. The van der Waals surface area contributed by atoms with Crippen LogP contribution in [0.2, 0.25) is 0 Å². The van der Waals surface area contributed by atoms with Crippen LogP contribution in [0, 0.1) is 12.3 Å². The summed E-state index contributed by atoms with van der Waals surface area (Å²) in [6.07, 6.45) is 11.1. The first-order valence-electron chi connectivity index (χ1n) is 10.9. The highest BCUT2D eigenvalue weighted by molar-refractivity contribution is 5.87. The Morgan fingerprint density at radius 2 is 1.53 bits per heavy atom. The minimum Gasteiger partial charge on any atom is -0.490 e. The zero-order chi connectivity index (χ0) is 25.6.